The van der Waals surface area contributed by atoms with E-state index in [1.54, 1.807) is 19.2 Å². The Labute approximate surface area is 191 Å². The maximum absolute atomic E-state index is 13.4. The van der Waals surface area contributed by atoms with Crippen LogP contribution in [0.25, 0.3) is 11.4 Å². The van der Waals surface area contributed by atoms with Gasteiger partial charge in [-0.25, -0.2) is 0 Å². The van der Waals surface area contributed by atoms with Crippen LogP contribution in [0.2, 0.25) is 0 Å². The van der Waals surface area contributed by atoms with Crippen LogP contribution in [0.15, 0.2) is 53.1 Å². The van der Waals surface area contributed by atoms with Crippen LogP contribution in [0.3, 0.4) is 0 Å². The van der Waals surface area contributed by atoms with Crippen molar-refractivity contribution in [2.24, 2.45) is 0 Å². The number of ether oxygens (including phenoxy) is 1. The Morgan fingerprint density at radius 3 is 2.64 bits per heavy atom. The van der Waals surface area contributed by atoms with Crippen LogP contribution in [0.1, 0.15) is 48.4 Å². The van der Waals surface area contributed by atoms with Gasteiger partial charge >= 0.3 is 0 Å². The highest BCUT2D eigenvalue weighted by Crippen LogP contribution is 2.26. The lowest BCUT2D eigenvalue weighted by atomic mass is 9.93. The standard InChI is InChI=1S/C24H26N4O5/c1-32-21-12-10-17(11-13-21)23-25-22(33-26-23)14-15-27(19-7-3-2-4-8-19)24(29)18-6-5-9-20(16-18)28(30)31/h5-6,9-13,16,19H,2-4,7-8,14-15H2,1H3. The second-order valence-electron chi connectivity index (χ2n) is 8.09. The van der Waals surface area contributed by atoms with Gasteiger partial charge in [0.25, 0.3) is 11.6 Å². The van der Waals surface area contributed by atoms with Gasteiger partial charge in [0, 0.05) is 42.3 Å². The molecule has 1 aliphatic rings. The molecule has 172 valence electrons. The van der Waals surface area contributed by atoms with Gasteiger partial charge in [-0.05, 0) is 43.2 Å². The smallest absolute Gasteiger partial charge is 0.270 e. The Bertz CT molecular complexity index is 1110. The first-order valence-corrected chi connectivity index (χ1v) is 11.1. The molecule has 4 rings (SSSR count). The number of nitro benzene ring substituents is 1. The van der Waals surface area contributed by atoms with Crippen molar-refractivity contribution in [3.8, 4) is 17.1 Å². The van der Waals surface area contributed by atoms with Gasteiger partial charge in [-0.1, -0.05) is 30.5 Å². The number of carbonyl (C=O) groups is 1. The predicted molar refractivity (Wildman–Crippen MR) is 121 cm³/mol. The fourth-order valence-electron chi connectivity index (χ4n) is 4.19. The van der Waals surface area contributed by atoms with E-state index in [2.05, 4.69) is 10.1 Å². The molecule has 0 saturated heterocycles. The van der Waals surface area contributed by atoms with Crippen molar-refractivity contribution >= 4 is 11.6 Å². The van der Waals surface area contributed by atoms with Crippen LogP contribution in [-0.2, 0) is 6.42 Å². The van der Waals surface area contributed by atoms with E-state index in [1.807, 2.05) is 29.2 Å². The van der Waals surface area contributed by atoms with Gasteiger partial charge in [0.2, 0.25) is 11.7 Å². The van der Waals surface area contributed by atoms with E-state index in [4.69, 9.17) is 9.26 Å². The third-order valence-electron chi connectivity index (χ3n) is 5.96. The van der Waals surface area contributed by atoms with Crippen LogP contribution in [0.5, 0.6) is 5.75 Å². The number of benzene rings is 2. The molecule has 9 heteroatoms. The molecule has 0 aliphatic heterocycles. The van der Waals surface area contributed by atoms with Crippen molar-refractivity contribution in [3.05, 3.63) is 70.1 Å². The van der Waals surface area contributed by atoms with Crippen LogP contribution < -0.4 is 4.74 Å². The maximum atomic E-state index is 13.4. The summed E-state index contributed by atoms with van der Waals surface area (Å²) in [6.45, 7) is 0.399. The second kappa shape index (κ2) is 10.2. The molecule has 1 aromatic heterocycles. The number of carbonyl (C=O) groups excluding carboxylic acids is 1. The average Bonchev–Trinajstić information content (AvgIpc) is 3.34. The predicted octanol–water partition coefficient (Wildman–Crippen LogP) is 4.67. The van der Waals surface area contributed by atoms with Gasteiger partial charge in [-0.2, -0.15) is 4.98 Å². The topological polar surface area (TPSA) is 112 Å². The van der Waals surface area contributed by atoms with Crippen molar-refractivity contribution < 1.29 is 19.0 Å². The largest absolute Gasteiger partial charge is 0.497 e. The van der Waals surface area contributed by atoms with Crippen molar-refractivity contribution in [3.63, 3.8) is 0 Å². The monoisotopic (exact) mass is 450 g/mol. The number of methoxy groups -OCH3 is 1. The van der Waals surface area contributed by atoms with E-state index in [9.17, 15) is 14.9 Å². The van der Waals surface area contributed by atoms with Gasteiger partial charge in [-0.3, -0.25) is 14.9 Å². The van der Waals surface area contributed by atoms with E-state index in [0.29, 0.717) is 30.2 Å². The van der Waals surface area contributed by atoms with Gasteiger partial charge < -0.3 is 14.2 Å². The molecule has 0 bridgehead atoms. The fourth-order valence-corrected chi connectivity index (χ4v) is 4.19. The van der Waals surface area contributed by atoms with Gasteiger partial charge in [0.1, 0.15) is 5.75 Å². The van der Waals surface area contributed by atoms with Gasteiger partial charge in [0.15, 0.2) is 0 Å². The maximum Gasteiger partial charge on any atom is 0.270 e. The number of nitro groups is 1. The molecule has 0 radical (unpaired) electrons. The molecule has 3 aromatic rings. The zero-order valence-corrected chi connectivity index (χ0v) is 18.5. The zero-order valence-electron chi connectivity index (χ0n) is 18.5. The van der Waals surface area contributed by atoms with E-state index in [1.165, 1.54) is 12.1 Å². The number of non-ortho nitro benzene ring substituents is 1. The first kappa shape index (κ1) is 22.4. The minimum atomic E-state index is -0.485. The summed E-state index contributed by atoms with van der Waals surface area (Å²) in [7, 11) is 1.61. The lowest BCUT2D eigenvalue weighted by molar-refractivity contribution is -0.384. The Morgan fingerprint density at radius 1 is 1.18 bits per heavy atom. The molecule has 1 amide bonds. The highest BCUT2D eigenvalue weighted by molar-refractivity contribution is 5.95. The molecule has 0 unspecified atom stereocenters. The Morgan fingerprint density at radius 2 is 1.94 bits per heavy atom. The molecule has 33 heavy (non-hydrogen) atoms. The van der Waals surface area contributed by atoms with Crippen molar-refractivity contribution in [1.82, 2.24) is 15.0 Å². The molecule has 2 aromatic carbocycles. The average molecular weight is 450 g/mol. The summed E-state index contributed by atoms with van der Waals surface area (Å²) in [4.78, 5) is 30.3. The molecule has 0 atom stereocenters. The van der Waals surface area contributed by atoms with Gasteiger partial charge in [0.05, 0.1) is 12.0 Å². The minimum absolute atomic E-state index is 0.0921. The molecule has 1 heterocycles. The SMILES string of the molecule is COc1ccc(-c2noc(CCN(C(=O)c3cccc([N+](=O)[O-])c3)C3CCCCC3)n2)cc1. The van der Waals surface area contributed by atoms with E-state index < -0.39 is 4.92 Å². The van der Waals surface area contributed by atoms with Crippen LogP contribution in [0.4, 0.5) is 5.69 Å². The van der Waals surface area contributed by atoms with Crippen molar-refractivity contribution in [2.45, 2.75) is 44.6 Å². The zero-order chi connectivity index (χ0) is 23.2. The van der Waals surface area contributed by atoms with Crippen LogP contribution in [0, 0.1) is 10.1 Å². The molecule has 1 fully saturated rings. The normalized spacial score (nSPS) is 14.1. The molecule has 0 spiro atoms. The summed E-state index contributed by atoms with van der Waals surface area (Å²) >= 11 is 0. The van der Waals surface area contributed by atoms with Gasteiger partial charge in [-0.15, -0.1) is 0 Å². The molecule has 1 aliphatic carbocycles. The molecular weight excluding hydrogens is 424 g/mol. The lowest BCUT2D eigenvalue weighted by Gasteiger charge is -2.34. The van der Waals surface area contributed by atoms with Crippen molar-refractivity contribution in [2.75, 3.05) is 13.7 Å². The first-order valence-electron chi connectivity index (χ1n) is 11.1. The molecule has 0 N–H and O–H groups in total. The number of hydrogen-bond donors (Lipinski definition) is 0. The quantitative estimate of drug-likeness (QED) is 0.362. The highest BCUT2D eigenvalue weighted by atomic mass is 16.6. The molecule has 9 nitrogen and oxygen atoms in total. The summed E-state index contributed by atoms with van der Waals surface area (Å²) in [6, 6.07) is 13.4. The summed E-state index contributed by atoms with van der Waals surface area (Å²) in [5.41, 5.74) is 1.03. The summed E-state index contributed by atoms with van der Waals surface area (Å²) in [5.74, 6) is 1.45. The van der Waals surface area contributed by atoms with Crippen LogP contribution in [-0.4, -0.2) is 45.6 Å². The third-order valence-corrected chi connectivity index (χ3v) is 5.96. The number of nitrogens with zero attached hydrogens (tertiary/aromatic N) is 4. The highest BCUT2D eigenvalue weighted by Gasteiger charge is 2.27. The first-order chi connectivity index (χ1) is 16.0. The molecular formula is C24H26N4O5. The summed E-state index contributed by atoms with van der Waals surface area (Å²) in [5, 5.41) is 15.2. The number of rotatable bonds is 8. The third kappa shape index (κ3) is 5.36. The lowest BCUT2D eigenvalue weighted by Crippen LogP contribution is -2.42. The summed E-state index contributed by atoms with van der Waals surface area (Å²) < 4.78 is 10.6. The number of amides is 1. The summed E-state index contributed by atoms with van der Waals surface area (Å²) in [6.07, 6.45) is 5.52. The van der Waals surface area contributed by atoms with Crippen molar-refractivity contribution in [1.29, 1.82) is 0 Å². The Kier molecular flexibility index (Phi) is 6.97. The second-order valence-corrected chi connectivity index (χ2v) is 8.09. The van der Waals surface area contributed by atoms with E-state index in [0.717, 1.165) is 43.4 Å². The minimum Gasteiger partial charge on any atom is -0.497 e. The van der Waals surface area contributed by atoms with E-state index >= 15 is 0 Å². The van der Waals surface area contributed by atoms with Crippen LogP contribution >= 0.6 is 0 Å². The number of hydrogen-bond acceptors (Lipinski definition) is 7. The Balaban J connectivity index is 1.50. The number of aromatic nitrogens is 2. The molecule has 1 saturated carbocycles. The fraction of sp³-hybridized carbons (Fsp3) is 0.375. The Hall–Kier alpha value is -3.75. The van der Waals surface area contributed by atoms with E-state index in [-0.39, 0.29) is 17.6 Å².